The fourth-order valence-electron chi connectivity index (χ4n) is 0.817. The molecular weight excluding hydrogens is 204 g/mol. The van der Waals surface area contributed by atoms with Crippen LogP contribution < -0.4 is 4.06 Å². The molecule has 0 aromatic heterocycles. The third kappa shape index (κ3) is 5.31. The van der Waals surface area contributed by atoms with Crippen LogP contribution in [-0.4, -0.2) is 4.32 Å². The van der Waals surface area contributed by atoms with Crippen LogP contribution in [0.25, 0.3) is 0 Å². The average Bonchev–Trinajstić information content (AvgIpc) is 1.82. The van der Waals surface area contributed by atoms with Gasteiger partial charge in [-0.3, -0.25) is 0 Å². The van der Waals surface area contributed by atoms with Crippen molar-refractivity contribution in [2.24, 2.45) is 0 Å². The summed E-state index contributed by atoms with van der Waals surface area (Å²) in [6.07, 6.45) is 0. The van der Waals surface area contributed by atoms with Crippen molar-refractivity contribution in [3.63, 3.8) is 0 Å². The second kappa shape index (κ2) is 5.63. The maximum atomic E-state index is 4.81. The van der Waals surface area contributed by atoms with Gasteiger partial charge in [0.15, 0.2) is 0 Å². The Labute approximate surface area is 73.2 Å². The molecule has 0 fully saturated rings. The fourth-order valence-corrected chi connectivity index (χ4v) is 6.47. The quantitative estimate of drug-likeness (QED) is 0.425. The van der Waals surface area contributed by atoms with Crippen molar-refractivity contribution in [1.82, 2.24) is 4.06 Å². The zero-order valence-electron chi connectivity index (χ0n) is 5.98. The Balaban J connectivity index is 3.43. The van der Waals surface area contributed by atoms with Gasteiger partial charge >= 0.3 is 73.3 Å². The van der Waals surface area contributed by atoms with Crippen LogP contribution in [0, 0.1) is 0 Å². The van der Waals surface area contributed by atoms with Gasteiger partial charge in [0.25, 0.3) is 0 Å². The van der Waals surface area contributed by atoms with Crippen LogP contribution in [0.1, 0.15) is 13.8 Å². The van der Waals surface area contributed by atoms with Gasteiger partial charge in [-0.1, -0.05) is 0 Å². The second-order valence-corrected chi connectivity index (χ2v) is 12.0. The first-order valence-electron chi connectivity index (χ1n) is 3.45. The predicted molar refractivity (Wildman–Crippen MR) is 45.7 cm³/mol. The van der Waals surface area contributed by atoms with Crippen molar-refractivity contribution in [2.75, 3.05) is 0 Å². The number of thiocarbonyl (C=S) groups is 1. The Kier molecular flexibility index (Phi) is 6.17. The molecular formula is C5H12NS2Zn. The predicted octanol–water partition coefficient (Wildman–Crippen LogP) is 2.20. The molecule has 0 heterocycles. The number of thiol groups is 1. The number of nitrogens with one attached hydrogen (secondary N) is 1. The van der Waals surface area contributed by atoms with Gasteiger partial charge in [0.2, 0.25) is 0 Å². The molecule has 0 spiro atoms. The van der Waals surface area contributed by atoms with Crippen LogP contribution in [0.5, 0.6) is 0 Å². The molecule has 0 aromatic rings. The molecule has 0 bridgehead atoms. The van der Waals surface area contributed by atoms with Crippen LogP contribution in [0.15, 0.2) is 0 Å². The molecule has 9 heavy (non-hydrogen) atoms. The molecule has 51 valence electrons. The van der Waals surface area contributed by atoms with Crippen LogP contribution in [0.4, 0.5) is 0 Å². The van der Waals surface area contributed by atoms with Gasteiger partial charge in [-0.05, 0) is 0 Å². The number of rotatable bonds is 3. The molecule has 0 atom stereocenters. The summed E-state index contributed by atoms with van der Waals surface area (Å²) in [5.74, 6) is 0. The Bertz CT molecular complexity index is 93.0. The van der Waals surface area contributed by atoms with E-state index in [2.05, 4.69) is 30.5 Å². The second-order valence-electron chi connectivity index (χ2n) is 2.34. The molecule has 0 radical (unpaired) electrons. The third-order valence-electron chi connectivity index (χ3n) is 1.61. The molecule has 0 aliphatic heterocycles. The van der Waals surface area contributed by atoms with Crippen LogP contribution >= 0.6 is 24.8 Å². The maximum absolute atomic E-state index is 4.81. The van der Waals surface area contributed by atoms with Gasteiger partial charge in [-0.25, -0.2) is 0 Å². The van der Waals surface area contributed by atoms with Gasteiger partial charge in [0.05, 0.1) is 0 Å². The molecule has 1 N–H and O–H groups in total. The van der Waals surface area contributed by atoms with E-state index in [9.17, 15) is 0 Å². The van der Waals surface area contributed by atoms with Crippen molar-refractivity contribution in [1.29, 1.82) is 0 Å². The molecule has 0 aromatic carbocycles. The zero-order chi connectivity index (χ0) is 7.28. The van der Waals surface area contributed by atoms with E-state index in [0.29, 0.717) is 4.32 Å². The summed E-state index contributed by atoms with van der Waals surface area (Å²) in [5.41, 5.74) is 0. The molecule has 0 aliphatic carbocycles. The molecule has 0 amide bonds. The summed E-state index contributed by atoms with van der Waals surface area (Å²) in [6.45, 7) is 4.45. The van der Waals surface area contributed by atoms with Crippen molar-refractivity contribution in [3.8, 4) is 0 Å². The van der Waals surface area contributed by atoms with Gasteiger partial charge < -0.3 is 0 Å². The van der Waals surface area contributed by atoms with E-state index in [4.69, 9.17) is 12.2 Å². The van der Waals surface area contributed by atoms with Gasteiger partial charge in [0, 0.05) is 0 Å². The minimum atomic E-state index is -1.33. The Morgan fingerprint density at radius 3 is 2.11 bits per heavy atom. The molecule has 0 saturated carbocycles. The summed E-state index contributed by atoms with van der Waals surface area (Å²) in [6, 6.07) is 0. The molecule has 4 heteroatoms. The standard InChI is InChI=1S/2C2H5.CH3NS2.Zn/c2*1-2;2-1(3)4;/h2*1H2,2H3;(H3,2,3,4);/q;;;+1/p-1. The minimum absolute atomic E-state index is 0.693. The molecule has 0 aliphatic rings. The summed E-state index contributed by atoms with van der Waals surface area (Å²) in [5, 5.41) is 2.63. The first kappa shape index (κ1) is 9.86. The van der Waals surface area contributed by atoms with E-state index < -0.39 is 16.2 Å². The van der Waals surface area contributed by atoms with Crippen molar-refractivity contribution in [3.05, 3.63) is 0 Å². The zero-order valence-corrected chi connectivity index (χ0v) is 10.7. The number of hydrogen-bond donors (Lipinski definition) is 2. The molecule has 0 unspecified atom stereocenters. The molecule has 0 rings (SSSR count). The summed E-state index contributed by atoms with van der Waals surface area (Å²) in [4.78, 5) is 0. The van der Waals surface area contributed by atoms with E-state index in [1.165, 1.54) is 10.0 Å². The van der Waals surface area contributed by atoms with Gasteiger partial charge in [-0.15, -0.1) is 0 Å². The third-order valence-corrected chi connectivity index (χ3v) is 9.93. The average molecular weight is 216 g/mol. The van der Waals surface area contributed by atoms with Crippen LogP contribution in [0.3, 0.4) is 0 Å². The van der Waals surface area contributed by atoms with Crippen LogP contribution in [-0.2, 0) is 16.2 Å². The van der Waals surface area contributed by atoms with Crippen molar-refractivity contribution < 1.29 is 16.2 Å². The first-order chi connectivity index (χ1) is 4.20. The Morgan fingerprint density at radius 1 is 1.56 bits per heavy atom. The van der Waals surface area contributed by atoms with Crippen LogP contribution in [0.2, 0.25) is 10.0 Å². The summed E-state index contributed by atoms with van der Waals surface area (Å²) < 4.78 is 3.98. The summed E-state index contributed by atoms with van der Waals surface area (Å²) >= 11 is 7.50. The topological polar surface area (TPSA) is 12.0 Å². The Hall–Kier alpha value is 0.863. The summed E-state index contributed by atoms with van der Waals surface area (Å²) in [7, 11) is 0. The molecule has 0 saturated heterocycles. The van der Waals surface area contributed by atoms with E-state index in [1.54, 1.807) is 0 Å². The van der Waals surface area contributed by atoms with Gasteiger partial charge in [0.1, 0.15) is 0 Å². The Morgan fingerprint density at radius 2 is 2.00 bits per heavy atom. The van der Waals surface area contributed by atoms with E-state index in [0.717, 1.165) is 0 Å². The van der Waals surface area contributed by atoms with Crippen molar-refractivity contribution in [2.45, 2.75) is 23.9 Å². The first-order valence-corrected chi connectivity index (χ1v) is 9.98. The van der Waals surface area contributed by atoms with Crippen molar-refractivity contribution >= 4 is 29.2 Å². The normalized spacial score (nSPS) is 8.78. The van der Waals surface area contributed by atoms with E-state index in [-0.39, 0.29) is 0 Å². The monoisotopic (exact) mass is 214 g/mol. The SMILES string of the molecule is C[CH2][Zn]([CH2]C)[NH]C(=S)S. The molecule has 1 nitrogen and oxygen atoms in total. The number of hydrogen-bond acceptors (Lipinski definition) is 1. The van der Waals surface area contributed by atoms with E-state index >= 15 is 0 Å². The fraction of sp³-hybridized carbons (Fsp3) is 0.800. The van der Waals surface area contributed by atoms with E-state index in [1.807, 2.05) is 0 Å². The van der Waals surface area contributed by atoms with Gasteiger partial charge in [-0.2, -0.15) is 0 Å².